The lowest BCUT2D eigenvalue weighted by Gasteiger charge is -2.30. The number of methoxy groups -OCH3 is 1. The molecule has 1 unspecified atom stereocenters. The fourth-order valence-electron chi connectivity index (χ4n) is 3.98. The van der Waals surface area contributed by atoms with Gasteiger partial charge in [0.2, 0.25) is 0 Å². The SMILES string of the molecule is C1CCC(NC2CCCCC2)CC1.COC(=O)C(CCC(=O)O)NC(=O)OC(C)(C)C. The third kappa shape index (κ3) is 13.2. The van der Waals surface area contributed by atoms with Gasteiger partial charge in [0, 0.05) is 18.5 Å². The van der Waals surface area contributed by atoms with Gasteiger partial charge in [-0.25, -0.2) is 9.59 Å². The van der Waals surface area contributed by atoms with Crippen LogP contribution in [0, 0.1) is 0 Å². The summed E-state index contributed by atoms with van der Waals surface area (Å²) in [5.41, 5.74) is -0.697. The molecule has 0 bridgehead atoms. The molecule has 0 aliphatic heterocycles. The first kappa shape index (κ1) is 27.2. The number of hydrogen-bond donors (Lipinski definition) is 3. The smallest absolute Gasteiger partial charge is 0.408 e. The van der Waals surface area contributed by atoms with Gasteiger partial charge in [0.1, 0.15) is 11.6 Å². The third-order valence-corrected chi connectivity index (χ3v) is 5.51. The summed E-state index contributed by atoms with van der Waals surface area (Å²) in [6.07, 6.45) is 13.5. The van der Waals surface area contributed by atoms with Crippen molar-refractivity contribution < 1.29 is 29.0 Å². The number of nitrogens with one attached hydrogen (secondary N) is 2. The Balaban J connectivity index is 0.000000323. The van der Waals surface area contributed by atoms with E-state index < -0.39 is 29.7 Å². The fraction of sp³-hybridized carbons (Fsp3) is 0.870. The van der Waals surface area contributed by atoms with Crippen LogP contribution in [0.4, 0.5) is 4.79 Å². The summed E-state index contributed by atoms with van der Waals surface area (Å²) < 4.78 is 9.44. The highest BCUT2D eigenvalue weighted by Gasteiger charge is 2.25. The van der Waals surface area contributed by atoms with Crippen molar-refractivity contribution in [1.82, 2.24) is 10.6 Å². The van der Waals surface area contributed by atoms with E-state index in [1.807, 2.05) is 0 Å². The number of carbonyl (C=O) groups excluding carboxylic acids is 2. The second-order valence-corrected chi connectivity index (χ2v) is 9.49. The van der Waals surface area contributed by atoms with E-state index in [0.717, 1.165) is 19.2 Å². The Morgan fingerprint density at radius 1 is 0.935 bits per heavy atom. The normalized spacial score (nSPS) is 18.8. The first-order valence-electron chi connectivity index (χ1n) is 11.7. The van der Waals surface area contributed by atoms with E-state index in [2.05, 4.69) is 15.4 Å². The maximum Gasteiger partial charge on any atom is 0.408 e. The van der Waals surface area contributed by atoms with Crippen molar-refractivity contribution in [2.75, 3.05) is 7.11 Å². The largest absolute Gasteiger partial charge is 0.481 e. The lowest BCUT2D eigenvalue weighted by molar-refractivity contribution is -0.143. The van der Waals surface area contributed by atoms with E-state index in [9.17, 15) is 14.4 Å². The molecular weight excluding hydrogens is 400 g/mol. The summed E-state index contributed by atoms with van der Waals surface area (Å²) in [6.45, 7) is 5.03. The van der Waals surface area contributed by atoms with E-state index in [1.165, 1.54) is 64.2 Å². The molecule has 0 aromatic rings. The number of esters is 1. The van der Waals surface area contributed by atoms with Crippen LogP contribution in [0.2, 0.25) is 0 Å². The minimum atomic E-state index is -1.06. The highest BCUT2D eigenvalue weighted by atomic mass is 16.6. The van der Waals surface area contributed by atoms with E-state index in [0.29, 0.717) is 0 Å². The van der Waals surface area contributed by atoms with E-state index in [-0.39, 0.29) is 12.8 Å². The molecule has 0 aromatic heterocycles. The molecule has 1 amide bonds. The molecule has 0 heterocycles. The van der Waals surface area contributed by atoms with Gasteiger partial charge in [-0.15, -0.1) is 0 Å². The van der Waals surface area contributed by atoms with Gasteiger partial charge in [-0.1, -0.05) is 38.5 Å². The summed E-state index contributed by atoms with van der Waals surface area (Å²) >= 11 is 0. The topological polar surface area (TPSA) is 114 Å². The number of carboxylic acids is 1. The van der Waals surface area contributed by atoms with Crippen molar-refractivity contribution in [2.24, 2.45) is 0 Å². The van der Waals surface area contributed by atoms with Gasteiger partial charge in [-0.2, -0.15) is 0 Å². The Morgan fingerprint density at radius 2 is 1.42 bits per heavy atom. The molecule has 0 saturated heterocycles. The average Bonchev–Trinajstić information content (AvgIpc) is 2.71. The molecule has 0 spiro atoms. The van der Waals surface area contributed by atoms with Gasteiger partial charge < -0.3 is 25.2 Å². The molecule has 3 N–H and O–H groups in total. The van der Waals surface area contributed by atoms with Crippen LogP contribution in [-0.2, 0) is 19.1 Å². The van der Waals surface area contributed by atoms with Crippen molar-refractivity contribution >= 4 is 18.0 Å². The standard InChI is InChI=1S/C12H23N.C11H19NO6/c1-3-7-11(8-4-1)13-12-9-5-2-6-10-12;1-11(2,3)18-10(16)12-7(9(15)17-4)5-6-8(13)14/h11-13H,1-10H2;7H,5-6H2,1-4H3,(H,12,16)(H,13,14). The Hall–Kier alpha value is -1.83. The molecule has 31 heavy (non-hydrogen) atoms. The zero-order chi connectivity index (χ0) is 23.3. The maximum absolute atomic E-state index is 11.4. The molecule has 2 rings (SSSR count). The first-order chi connectivity index (χ1) is 14.6. The van der Waals surface area contributed by atoms with Crippen LogP contribution in [0.3, 0.4) is 0 Å². The molecule has 2 aliphatic carbocycles. The number of carbonyl (C=O) groups is 3. The highest BCUT2D eigenvalue weighted by molar-refractivity contribution is 5.82. The van der Waals surface area contributed by atoms with Gasteiger partial charge in [0.15, 0.2) is 0 Å². The molecule has 0 radical (unpaired) electrons. The van der Waals surface area contributed by atoms with Crippen molar-refractivity contribution in [1.29, 1.82) is 0 Å². The molecule has 8 heteroatoms. The number of carboxylic acid groups (broad SMARTS) is 1. The van der Waals surface area contributed by atoms with Crippen LogP contribution in [0.5, 0.6) is 0 Å². The summed E-state index contributed by atoms with van der Waals surface area (Å²) in [6, 6.07) is 0.717. The van der Waals surface area contributed by atoms with E-state index >= 15 is 0 Å². The zero-order valence-corrected chi connectivity index (χ0v) is 19.7. The Labute approximate surface area is 186 Å². The number of rotatable bonds is 7. The number of ether oxygens (including phenoxy) is 2. The molecule has 2 aliphatic rings. The number of aliphatic carboxylic acids is 1. The van der Waals surface area contributed by atoms with E-state index in [4.69, 9.17) is 9.84 Å². The minimum Gasteiger partial charge on any atom is -0.481 e. The monoisotopic (exact) mass is 442 g/mol. The second kappa shape index (κ2) is 14.3. The molecular formula is C23H42N2O6. The lowest BCUT2D eigenvalue weighted by Crippen LogP contribution is -2.44. The molecule has 0 aromatic carbocycles. The Bertz CT molecular complexity index is 533. The summed E-state index contributed by atoms with van der Waals surface area (Å²) in [5.74, 6) is -1.77. The van der Waals surface area contributed by atoms with Crippen LogP contribution < -0.4 is 10.6 Å². The average molecular weight is 443 g/mol. The van der Waals surface area contributed by atoms with Crippen LogP contribution in [0.25, 0.3) is 0 Å². The fourth-order valence-corrected chi connectivity index (χ4v) is 3.98. The zero-order valence-electron chi connectivity index (χ0n) is 19.7. The van der Waals surface area contributed by atoms with Crippen molar-refractivity contribution in [3.8, 4) is 0 Å². The maximum atomic E-state index is 11.4. The molecule has 1 atom stereocenters. The summed E-state index contributed by atoms with van der Waals surface area (Å²) in [7, 11) is 1.16. The third-order valence-electron chi connectivity index (χ3n) is 5.51. The summed E-state index contributed by atoms with van der Waals surface area (Å²) in [4.78, 5) is 33.2. The number of hydrogen-bond acceptors (Lipinski definition) is 6. The van der Waals surface area contributed by atoms with Crippen molar-refractivity contribution in [2.45, 2.75) is 122 Å². The first-order valence-corrected chi connectivity index (χ1v) is 11.7. The Morgan fingerprint density at radius 3 is 1.81 bits per heavy atom. The van der Waals surface area contributed by atoms with Crippen molar-refractivity contribution in [3.05, 3.63) is 0 Å². The van der Waals surface area contributed by atoms with Crippen LogP contribution >= 0.6 is 0 Å². The molecule has 2 saturated carbocycles. The molecule has 2 fully saturated rings. The number of amides is 1. The lowest BCUT2D eigenvalue weighted by atomic mass is 9.91. The van der Waals surface area contributed by atoms with Gasteiger partial charge >= 0.3 is 18.0 Å². The van der Waals surface area contributed by atoms with Crippen LogP contribution in [0.1, 0.15) is 97.8 Å². The van der Waals surface area contributed by atoms with Gasteiger partial charge in [-0.05, 0) is 52.9 Å². The predicted octanol–water partition coefficient (Wildman–Crippen LogP) is 4.16. The van der Waals surface area contributed by atoms with Gasteiger partial charge in [-0.3, -0.25) is 4.79 Å². The Kier molecular flexibility index (Phi) is 12.5. The van der Waals surface area contributed by atoms with Gasteiger partial charge in [0.05, 0.1) is 7.11 Å². The van der Waals surface area contributed by atoms with E-state index in [1.54, 1.807) is 20.8 Å². The molecule has 8 nitrogen and oxygen atoms in total. The second-order valence-electron chi connectivity index (χ2n) is 9.49. The van der Waals surface area contributed by atoms with Crippen LogP contribution in [-0.4, -0.2) is 54.0 Å². The molecule has 180 valence electrons. The van der Waals surface area contributed by atoms with Crippen molar-refractivity contribution in [3.63, 3.8) is 0 Å². The summed E-state index contributed by atoms with van der Waals surface area (Å²) in [5, 5.41) is 14.7. The predicted molar refractivity (Wildman–Crippen MR) is 119 cm³/mol. The van der Waals surface area contributed by atoms with Gasteiger partial charge in [0.25, 0.3) is 0 Å². The van der Waals surface area contributed by atoms with Crippen LogP contribution in [0.15, 0.2) is 0 Å². The minimum absolute atomic E-state index is 0.0543. The highest BCUT2D eigenvalue weighted by Crippen LogP contribution is 2.22. The quantitative estimate of drug-likeness (QED) is 0.507. The number of alkyl carbamates (subject to hydrolysis) is 1.